The summed E-state index contributed by atoms with van der Waals surface area (Å²) in [5.41, 5.74) is 1.93. The molecule has 0 spiro atoms. The Bertz CT molecular complexity index is 553. The Morgan fingerprint density at radius 2 is 2.00 bits per heavy atom. The smallest absolute Gasteiger partial charge is 0.322 e. The first-order valence-corrected chi connectivity index (χ1v) is 5.15. The van der Waals surface area contributed by atoms with Gasteiger partial charge in [-0.3, -0.25) is 4.79 Å². The fourth-order valence-corrected chi connectivity index (χ4v) is 2.28. The van der Waals surface area contributed by atoms with Crippen molar-refractivity contribution in [2.45, 2.75) is 0 Å². The third kappa shape index (κ3) is 1.04. The molecule has 0 aromatic rings. The van der Waals surface area contributed by atoms with Gasteiger partial charge in [-0.25, -0.2) is 0 Å². The van der Waals surface area contributed by atoms with Crippen LogP contribution in [0.2, 0.25) is 0 Å². The number of hydrogen-bond acceptors (Lipinski definition) is 1. The largest absolute Gasteiger partial charge is 0.480 e. The molecular weight excluding hydrogens is 200 g/mol. The molecule has 2 heteroatoms. The van der Waals surface area contributed by atoms with E-state index in [4.69, 9.17) is 0 Å². The first-order valence-electron chi connectivity index (χ1n) is 5.15. The number of rotatable bonds is 1. The van der Waals surface area contributed by atoms with Gasteiger partial charge >= 0.3 is 5.97 Å². The average molecular weight is 210 g/mol. The van der Waals surface area contributed by atoms with Crippen LogP contribution in [0, 0.1) is 5.41 Å². The zero-order valence-corrected chi connectivity index (χ0v) is 8.55. The molecule has 1 unspecified atom stereocenters. The summed E-state index contributed by atoms with van der Waals surface area (Å²) in [7, 11) is 0. The summed E-state index contributed by atoms with van der Waals surface area (Å²) < 4.78 is 0. The van der Waals surface area contributed by atoms with Gasteiger partial charge in [-0.2, -0.15) is 0 Å². The van der Waals surface area contributed by atoms with Crippen molar-refractivity contribution in [3.05, 3.63) is 71.4 Å². The lowest BCUT2D eigenvalue weighted by Crippen LogP contribution is -2.31. The molecule has 1 N–H and O–H groups in total. The normalized spacial score (nSPS) is 29.1. The summed E-state index contributed by atoms with van der Waals surface area (Å²) in [4.78, 5) is 11.5. The molecular formula is C14H10O2. The minimum absolute atomic E-state index is 0.821. The van der Waals surface area contributed by atoms with Gasteiger partial charge in [-0.1, -0.05) is 48.6 Å². The van der Waals surface area contributed by atoms with Gasteiger partial charge in [0, 0.05) is 0 Å². The van der Waals surface area contributed by atoms with Crippen molar-refractivity contribution in [3.8, 4) is 0 Å². The van der Waals surface area contributed by atoms with Crippen molar-refractivity contribution in [2.24, 2.45) is 5.41 Å². The highest BCUT2D eigenvalue weighted by Crippen LogP contribution is 2.43. The Kier molecular flexibility index (Phi) is 1.69. The van der Waals surface area contributed by atoms with E-state index in [2.05, 4.69) is 0 Å². The predicted octanol–water partition coefficient (Wildman–Crippen LogP) is 2.55. The molecule has 3 aliphatic carbocycles. The topological polar surface area (TPSA) is 37.3 Å². The molecule has 78 valence electrons. The molecule has 0 heterocycles. The molecule has 0 aromatic heterocycles. The molecule has 16 heavy (non-hydrogen) atoms. The molecule has 3 rings (SSSR count). The lowest BCUT2D eigenvalue weighted by Gasteiger charge is -2.30. The lowest BCUT2D eigenvalue weighted by molar-refractivity contribution is -0.141. The Morgan fingerprint density at radius 1 is 1.12 bits per heavy atom. The Labute approximate surface area is 93.3 Å². The monoisotopic (exact) mass is 210 g/mol. The van der Waals surface area contributed by atoms with E-state index in [1.54, 1.807) is 12.2 Å². The third-order valence-electron chi connectivity index (χ3n) is 3.16. The molecule has 0 saturated heterocycles. The van der Waals surface area contributed by atoms with Crippen LogP contribution in [-0.2, 0) is 4.79 Å². The highest BCUT2D eigenvalue weighted by molar-refractivity contribution is 5.88. The maximum absolute atomic E-state index is 11.5. The van der Waals surface area contributed by atoms with Crippen LogP contribution >= 0.6 is 0 Å². The molecule has 0 fully saturated rings. The molecule has 2 nitrogen and oxygen atoms in total. The second kappa shape index (κ2) is 2.95. The highest BCUT2D eigenvalue weighted by atomic mass is 16.4. The fourth-order valence-electron chi connectivity index (χ4n) is 2.28. The van der Waals surface area contributed by atoms with Gasteiger partial charge in [0.15, 0.2) is 0 Å². The van der Waals surface area contributed by atoms with E-state index >= 15 is 0 Å². The summed E-state index contributed by atoms with van der Waals surface area (Å²) in [6, 6.07) is 0. The van der Waals surface area contributed by atoms with Crippen molar-refractivity contribution in [3.63, 3.8) is 0 Å². The second-order valence-electron chi connectivity index (χ2n) is 4.07. The minimum Gasteiger partial charge on any atom is -0.480 e. The molecule has 0 aromatic carbocycles. The van der Waals surface area contributed by atoms with Crippen LogP contribution in [0.25, 0.3) is 0 Å². The molecule has 3 aliphatic rings. The molecule has 0 amide bonds. The van der Waals surface area contributed by atoms with Crippen molar-refractivity contribution in [2.75, 3.05) is 0 Å². The minimum atomic E-state index is -0.976. The van der Waals surface area contributed by atoms with Gasteiger partial charge in [0.05, 0.1) is 0 Å². The Balaban J connectivity index is 2.24. The molecule has 0 radical (unpaired) electrons. The highest BCUT2D eigenvalue weighted by Gasteiger charge is 2.40. The van der Waals surface area contributed by atoms with E-state index in [0.717, 1.165) is 16.7 Å². The van der Waals surface area contributed by atoms with Gasteiger partial charge in [0.25, 0.3) is 0 Å². The van der Waals surface area contributed by atoms with Crippen LogP contribution in [0.5, 0.6) is 0 Å². The van der Waals surface area contributed by atoms with E-state index in [9.17, 15) is 9.90 Å². The SMILES string of the molecule is O=C(O)C12C=CC=CC1=CC1=CC=CC1=C2. The molecule has 1 atom stereocenters. The maximum Gasteiger partial charge on any atom is 0.322 e. The number of carbonyl (C=O) groups is 1. The summed E-state index contributed by atoms with van der Waals surface area (Å²) in [5, 5.41) is 9.43. The van der Waals surface area contributed by atoms with Gasteiger partial charge in [0.1, 0.15) is 5.41 Å². The number of carboxylic acids is 1. The zero-order chi connectivity index (χ0) is 11.2. The molecule has 0 aliphatic heterocycles. The van der Waals surface area contributed by atoms with Gasteiger partial charge in [-0.15, -0.1) is 0 Å². The maximum atomic E-state index is 11.5. The van der Waals surface area contributed by atoms with Crippen LogP contribution in [0.1, 0.15) is 0 Å². The number of carboxylic acid groups (broad SMARTS) is 1. The number of hydrogen-bond donors (Lipinski definition) is 1. The van der Waals surface area contributed by atoms with E-state index < -0.39 is 11.4 Å². The number of fused-ring (bicyclic) bond motifs is 2. The lowest BCUT2D eigenvalue weighted by atomic mass is 9.72. The van der Waals surface area contributed by atoms with E-state index in [-0.39, 0.29) is 0 Å². The van der Waals surface area contributed by atoms with Crippen LogP contribution < -0.4 is 0 Å². The van der Waals surface area contributed by atoms with Crippen molar-refractivity contribution < 1.29 is 9.90 Å². The number of allylic oxidation sites excluding steroid dienone is 9. The van der Waals surface area contributed by atoms with Crippen LogP contribution in [0.3, 0.4) is 0 Å². The van der Waals surface area contributed by atoms with Crippen LogP contribution in [-0.4, -0.2) is 11.1 Å². The predicted molar refractivity (Wildman–Crippen MR) is 61.7 cm³/mol. The summed E-state index contributed by atoms with van der Waals surface area (Å²) in [6.45, 7) is 0. The van der Waals surface area contributed by atoms with Gasteiger partial charge < -0.3 is 5.11 Å². The van der Waals surface area contributed by atoms with Crippen molar-refractivity contribution in [1.29, 1.82) is 0 Å². The van der Waals surface area contributed by atoms with Crippen molar-refractivity contribution in [1.82, 2.24) is 0 Å². The zero-order valence-electron chi connectivity index (χ0n) is 8.55. The standard InChI is InChI=1S/C14H10O2/c15-13(16)14-7-2-1-6-12(14)8-10-4-3-5-11(10)9-14/h1-9H,(H,15,16). The van der Waals surface area contributed by atoms with E-state index in [1.807, 2.05) is 42.5 Å². The summed E-state index contributed by atoms with van der Waals surface area (Å²) in [5.74, 6) is -0.828. The quantitative estimate of drug-likeness (QED) is 0.722. The fraction of sp³-hybridized carbons (Fsp3) is 0.0714. The Hall–Kier alpha value is -2.09. The van der Waals surface area contributed by atoms with E-state index in [1.165, 1.54) is 0 Å². The van der Waals surface area contributed by atoms with Gasteiger partial charge in [0.2, 0.25) is 0 Å². The second-order valence-corrected chi connectivity index (χ2v) is 4.07. The Morgan fingerprint density at radius 3 is 2.81 bits per heavy atom. The van der Waals surface area contributed by atoms with Crippen molar-refractivity contribution >= 4 is 5.97 Å². The molecule has 0 saturated carbocycles. The first kappa shape index (κ1) is 9.16. The third-order valence-corrected chi connectivity index (χ3v) is 3.16. The van der Waals surface area contributed by atoms with Crippen LogP contribution in [0.4, 0.5) is 0 Å². The van der Waals surface area contributed by atoms with Crippen LogP contribution in [0.15, 0.2) is 71.4 Å². The van der Waals surface area contributed by atoms with Gasteiger partial charge in [-0.05, 0) is 22.8 Å². The first-order chi connectivity index (χ1) is 7.72. The summed E-state index contributed by atoms with van der Waals surface area (Å²) in [6.07, 6.45) is 16.9. The van der Waals surface area contributed by atoms with E-state index in [0.29, 0.717) is 0 Å². The molecule has 0 bridgehead atoms. The average Bonchev–Trinajstić information content (AvgIpc) is 2.72. The summed E-state index contributed by atoms with van der Waals surface area (Å²) >= 11 is 0. The number of aliphatic carboxylic acids is 1.